The molecule has 6 nitrogen and oxygen atoms in total. The van der Waals surface area contributed by atoms with Gasteiger partial charge in [0.1, 0.15) is 24.4 Å². The molecule has 1 fully saturated rings. The summed E-state index contributed by atoms with van der Waals surface area (Å²) >= 11 is 6.50. The zero-order valence-electron chi connectivity index (χ0n) is 16.6. The lowest BCUT2D eigenvalue weighted by molar-refractivity contribution is -0.250. The lowest BCUT2D eigenvalue weighted by atomic mass is 9.98. The SMILES string of the molecule is CCc1ccc(Cc2cn([C@@H]3O[C@H](CO)[C@@H](O)[C@H](O)[C@H]3O)c3c(Cl)cccc23)cc1. The number of hydrogen-bond acceptors (Lipinski definition) is 5. The van der Waals surface area contributed by atoms with Crippen LogP contribution in [0, 0.1) is 0 Å². The number of aromatic nitrogens is 1. The summed E-state index contributed by atoms with van der Waals surface area (Å²) in [5.74, 6) is 0. The molecule has 7 heteroatoms. The summed E-state index contributed by atoms with van der Waals surface area (Å²) in [7, 11) is 0. The molecule has 0 radical (unpaired) electrons. The van der Waals surface area contributed by atoms with Gasteiger partial charge in [-0.3, -0.25) is 0 Å². The number of rotatable bonds is 5. The van der Waals surface area contributed by atoms with E-state index >= 15 is 0 Å². The minimum atomic E-state index is -1.45. The summed E-state index contributed by atoms with van der Waals surface area (Å²) in [6, 6.07) is 14.0. The number of para-hydroxylation sites is 1. The molecule has 0 amide bonds. The van der Waals surface area contributed by atoms with Crippen LogP contribution in [0.5, 0.6) is 0 Å². The Bertz CT molecular complexity index is 1020. The Balaban J connectivity index is 1.76. The van der Waals surface area contributed by atoms with E-state index in [0.29, 0.717) is 17.0 Å². The maximum absolute atomic E-state index is 10.6. The number of benzene rings is 2. The number of hydrogen-bond donors (Lipinski definition) is 4. The zero-order valence-corrected chi connectivity index (χ0v) is 17.4. The molecule has 0 aliphatic carbocycles. The molecule has 0 unspecified atom stereocenters. The topological polar surface area (TPSA) is 95.1 Å². The van der Waals surface area contributed by atoms with Crippen LogP contribution in [0.2, 0.25) is 5.02 Å². The minimum absolute atomic E-state index is 0.481. The van der Waals surface area contributed by atoms with E-state index in [-0.39, 0.29) is 0 Å². The van der Waals surface area contributed by atoms with Crippen molar-refractivity contribution in [3.8, 4) is 0 Å². The Morgan fingerprint density at radius 1 is 0.967 bits per heavy atom. The second-order valence-corrected chi connectivity index (χ2v) is 8.17. The average molecular weight is 432 g/mol. The molecule has 1 aliphatic rings. The van der Waals surface area contributed by atoms with Crippen molar-refractivity contribution in [2.75, 3.05) is 6.61 Å². The molecular weight excluding hydrogens is 406 g/mol. The van der Waals surface area contributed by atoms with E-state index in [1.165, 1.54) is 5.56 Å². The van der Waals surface area contributed by atoms with Gasteiger partial charge in [-0.15, -0.1) is 0 Å². The van der Waals surface area contributed by atoms with Crippen LogP contribution in [-0.4, -0.2) is 56.0 Å². The van der Waals surface area contributed by atoms with E-state index in [9.17, 15) is 20.4 Å². The average Bonchev–Trinajstić information content (AvgIpc) is 3.12. The van der Waals surface area contributed by atoms with E-state index in [1.807, 2.05) is 18.3 Å². The van der Waals surface area contributed by atoms with Crippen LogP contribution in [-0.2, 0) is 17.6 Å². The molecule has 30 heavy (non-hydrogen) atoms. The summed E-state index contributed by atoms with van der Waals surface area (Å²) in [6.07, 6.45) is -2.74. The van der Waals surface area contributed by atoms with Crippen molar-refractivity contribution in [1.29, 1.82) is 0 Å². The Kier molecular flexibility index (Phi) is 6.16. The highest BCUT2D eigenvalue weighted by Gasteiger charge is 2.44. The molecule has 2 aromatic carbocycles. The van der Waals surface area contributed by atoms with E-state index < -0.39 is 37.3 Å². The Hall–Kier alpha value is -1.93. The maximum Gasteiger partial charge on any atom is 0.163 e. The second kappa shape index (κ2) is 8.67. The van der Waals surface area contributed by atoms with Crippen molar-refractivity contribution in [2.45, 2.75) is 50.4 Å². The summed E-state index contributed by atoms with van der Waals surface area (Å²) in [6.45, 7) is 1.64. The highest BCUT2D eigenvalue weighted by molar-refractivity contribution is 6.35. The summed E-state index contributed by atoms with van der Waals surface area (Å²) < 4.78 is 7.46. The van der Waals surface area contributed by atoms with Gasteiger partial charge in [0.2, 0.25) is 0 Å². The van der Waals surface area contributed by atoms with E-state index in [4.69, 9.17) is 16.3 Å². The van der Waals surface area contributed by atoms with Gasteiger partial charge in [0, 0.05) is 11.6 Å². The molecule has 2 heterocycles. The van der Waals surface area contributed by atoms with E-state index in [2.05, 4.69) is 31.2 Å². The summed E-state index contributed by atoms with van der Waals surface area (Å²) in [4.78, 5) is 0. The Morgan fingerprint density at radius 3 is 2.33 bits per heavy atom. The molecule has 1 aliphatic heterocycles. The Labute approximate surface area is 179 Å². The number of ether oxygens (including phenoxy) is 1. The van der Waals surface area contributed by atoms with E-state index in [0.717, 1.165) is 22.9 Å². The van der Waals surface area contributed by atoms with Gasteiger partial charge in [-0.05, 0) is 35.6 Å². The van der Waals surface area contributed by atoms with Crippen molar-refractivity contribution in [3.63, 3.8) is 0 Å². The number of nitrogens with zero attached hydrogens (tertiary/aromatic N) is 1. The lowest BCUT2D eigenvalue weighted by Gasteiger charge is -2.40. The number of aliphatic hydroxyl groups is 4. The van der Waals surface area contributed by atoms with Gasteiger partial charge in [-0.2, -0.15) is 0 Å². The molecule has 5 atom stereocenters. The summed E-state index contributed by atoms with van der Waals surface area (Å²) in [5.41, 5.74) is 4.07. The van der Waals surface area contributed by atoms with Crippen LogP contribution in [0.4, 0.5) is 0 Å². The normalized spacial score (nSPS) is 26.9. The van der Waals surface area contributed by atoms with Crippen molar-refractivity contribution in [2.24, 2.45) is 0 Å². The van der Waals surface area contributed by atoms with Crippen LogP contribution < -0.4 is 0 Å². The quantitative estimate of drug-likeness (QED) is 0.497. The third-order valence-corrected chi connectivity index (χ3v) is 6.16. The van der Waals surface area contributed by atoms with Gasteiger partial charge in [0.05, 0.1) is 17.1 Å². The fourth-order valence-corrected chi connectivity index (χ4v) is 4.38. The molecule has 3 aromatic rings. The third-order valence-electron chi connectivity index (χ3n) is 5.85. The number of aliphatic hydroxyl groups excluding tert-OH is 4. The molecule has 0 bridgehead atoms. The molecule has 0 spiro atoms. The molecule has 0 saturated carbocycles. The second-order valence-electron chi connectivity index (χ2n) is 7.76. The van der Waals surface area contributed by atoms with Crippen LogP contribution >= 0.6 is 11.6 Å². The third kappa shape index (κ3) is 3.75. The van der Waals surface area contributed by atoms with E-state index in [1.54, 1.807) is 10.6 Å². The first kappa shape index (κ1) is 21.3. The highest BCUT2D eigenvalue weighted by atomic mass is 35.5. The predicted molar refractivity (Wildman–Crippen MR) is 115 cm³/mol. The molecule has 4 rings (SSSR count). The summed E-state index contributed by atoms with van der Waals surface area (Å²) in [5, 5.41) is 41.9. The first-order valence-corrected chi connectivity index (χ1v) is 10.5. The number of aryl methyl sites for hydroxylation is 1. The van der Waals surface area contributed by atoms with Crippen LogP contribution in [0.3, 0.4) is 0 Å². The first-order valence-electron chi connectivity index (χ1n) is 10.1. The Morgan fingerprint density at radius 2 is 1.67 bits per heavy atom. The lowest BCUT2D eigenvalue weighted by Crippen LogP contribution is -2.56. The zero-order chi connectivity index (χ0) is 21.4. The predicted octanol–water partition coefficient (Wildman–Crippen LogP) is 2.42. The molecule has 160 valence electrons. The molecule has 4 N–H and O–H groups in total. The molecule has 1 saturated heterocycles. The smallest absolute Gasteiger partial charge is 0.163 e. The van der Waals surface area contributed by atoms with Gasteiger partial charge in [-0.25, -0.2) is 0 Å². The van der Waals surface area contributed by atoms with Crippen LogP contribution in [0.25, 0.3) is 10.9 Å². The molecular formula is C23H26ClNO5. The monoisotopic (exact) mass is 431 g/mol. The van der Waals surface area contributed by atoms with Crippen molar-refractivity contribution in [3.05, 3.63) is 70.4 Å². The largest absolute Gasteiger partial charge is 0.394 e. The maximum atomic E-state index is 10.6. The van der Waals surface area contributed by atoms with Gasteiger partial charge >= 0.3 is 0 Å². The van der Waals surface area contributed by atoms with Gasteiger partial charge in [-0.1, -0.05) is 54.9 Å². The highest BCUT2D eigenvalue weighted by Crippen LogP contribution is 2.36. The van der Waals surface area contributed by atoms with Gasteiger partial charge in [0.25, 0.3) is 0 Å². The number of fused-ring (bicyclic) bond motifs is 1. The van der Waals surface area contributed by atoms with Crippen molar-refractivity contribution >= 4 is 22.5 Å². The first-order chi connectivity index (χ1) is 14.4. The van der Waals surface area contributed by atoms with Crippen LogP contribution in [0.1, 0.15) is 29.8 Å². The number of halogens is 1. The van der Waals surface area contributed by atoms with Crippen LogP contribution in [0.15, 0.2) is 48.7 Å². The fraction of sp³-hybridized carbons (Fsp3) is 0.391. The molecule has 1 aromatic heterocycles. The van der Waals surface area contributed by atoms with Gasteiger partial charge in [0.15, 0.2) is 6.23 Å². The standard InChI is InChI=1S/C23H26ClNO5/c1-2-13-6-8-14(9-7-13)10-15-11-25(19-16(15)4-3-5-17(19)24)23-22(29)21(28)20(27)18(12-26)30-23/h3-9,11,18,20-23,26-29H,2,10,12H2,1H3/t18-,20-,21+,22-,23-/m1/s1. The fourth-order valence-electron chi connectivity index (χ4n) is 4.11. The van der Waals surface area contributed by atoms with Crippen molar-refractivity contribution < 1.29 is 25.2 Å². The minimum Gasteiger partial charge on any atom is -0.394 e. The van der Waals surface area contributed by atoms with Gasteiger partial charge < -0.3 is 29.7 Å². The van der Waals surface area contributed by atoms with Crippen molar-refractivity contribution in [1.82, 2.24) is 4.57 Å².